The van der Waals surface area contributed by atoms with Gasteiger partial charge < -0.3 is 9.16 Å². The van der Waals surface area contributed by atoms with E-state index < -0.39 is 8.32 Å². The van der Waals surface area contributed by atoms with Crippen LogP contribution in [0.5, 0.6) is 5.88 Å². The molecule has 0 N–H and O–H groups in total. The highest BCUT2D eigenvalue weighted by molar-refractivity contribution is 6.74. The van der Waals surface area contributed by atoms with Crippen LogP contribution in [-0.2, 0) is 17.6 Å². The number of hydrogen-bond acceptors (Lipinski definition) is 3. The fourth-order valence-electron chi connectivity index (χ4n) is 1.81. The first kappa shape index (κ1) is 14.6. The third kappa shape index (κ3) is 3.20. The minimum atomic E-state index is -1.70. The monoisotopic (exact) mass is 282 g/mol. The molecule has 0 saturated heterocycles. The average molecular weight is 282 g/mol. The molecule has 1 unspecified atom stereocenters. The Balaban J connectivity index is 2.02. The number of rotatable bonds is 3. The number of hydrogen-bond donors (Lipinski definition) is 0. The molecule has 1 aliphatic rings. The lowest BCUT2D eigenvalue weighted by molar-refractivity contribution is 0.175. The summed E-state index contributed by atoms with van der Waals surface area (Å²) in [7, 11) is -1.70. The molecule has 1 aliphatic heterocycles. The molecule has 1 atom stereocenters. The van der Waals surface area contributed by atoms with Gasteiger partial charge in [0.1, 0.15) is 0 Å². The molecule has 2 rings (SSSR count). The molecule has 108 valence electrons. The maximum absolute atomic E-state index is 6.19. The van der Waals surface area contributed by atoms with Crippen molar-refractivity contribution in [3.05, 3.63) is 11.8 Å². The number of fused-ring (bicyclic) bond motifs is 1. The molecule has 5 heteroatoms. The van der Waals surface area contributed by atoms with Gasteiger partial charge in [-0.25, -0.2) is 4.68 Å². The molecule has 0 spiro atoms. The van der Waals surface area contributed by atoms with E-state index in [1.165, 1.54) is 0 Å². The third-order valence-electron chi connectivity index (χ3n) is 4.18. The van der Waals surface area contributed by atoms with E-state index in [-0.39, 0.29) is 5.04 Å². The van der Waals surface area contributed by atoms with Crippen LogP contribution in [0, 0.1) is 5.92 Å². The maximum Gasteiger partial charge on any atom is 0.212 e. The standard InChI is InChI=1S/C14H26N2O2Si/c1-11-8-16-13(17-9-11)7-12(15-16)10-18-19(5,6)14(2,3)4/h7,11H,8-10H2,1-6H3. The van der Waals surface area contributed by atoms with Crippen molar-refractivity contribution in [2.75, 3.05) is 6.61 Å². The summed E-state index contributed by atoms with van der Waals surface area (Å²) in [6.07, 6.45) is 0. The van der Waals surface area contributed by atoms with Gasteiger partial charge in [0.2, 0.25) is 5.88 Å². The fraction of sp³-hybridized carbons (Fsp3) is 0.786. The number of ether oxygens (including phenoxy) is 1. The highest BCUT2D eigenvalue weighted by atomic mass is 28.4. The Bertz CT molecular complexity index is 449. The summed E-state index contributed by atoms with van der Waals surface area (Å²) in [6, 6.07) is 2.01. The summed E-state index contributed by atoms with van der Waals surface area (Å²) >= 11 is 0. The molecule has 4 nitrogen and oxygen atoms in total. The van der Waals surface area contributed by atoms with Gasteiger partial charge >= 0.3 is 0 Å². The second-order valence-corrected chi connectivity index (χ2v) is 11.9. The van der Waals surface area contributed by atoms with Crippen LogP contribution in [0.25, 0.3) is 0 Å². The van der Waals surface area contributed by atoms with Gasteiger partial charge in [0.15, 0.2) is 8.32 Å². The molecule has 0 saturated carbocycles. The van der Waals surface area contributed by atoms with Crippen molar-refractivity contribution in [1.29, 1.82) is 0 Å². The quantitative estimate of drug-likeness (QED) is 0.797. The Morgan fingerprint density at radius 1 is 1.47 bits per heavy atom. The molecule has 2 heterocycles. The van der Waals surface area contributed by atoms with Crippen LogP contribution in [-0.4, -0.2) is 24.7 Å². The van der Waals surface area contributed by atoms with Gasteiger partial charge in [-0.3, -0.25) is 0 Å². The molecular weight excluding hydrogens is 256 g/mol. The molecule has 0 radical (unpaired) electrons. The summed E-state index contributed by atoms with van der Waals surface area (Å²) in [4.78, 5) is 0. The maximum atomic E-state index is 6.19. The van der Waals surface area contributed by atoms with Crippen LogP contribution >= 0.6 is 0 Å². The van der Waals surface area contributed by atoms with Crippen molar-refractivity contribution in [3.8, 4) is 5.88 Å². The van der Waals surface area contributed by atoms with E-state index in [0.29, 0.717) is 12.5 Å². The molecular formula is C14H26N2O2Si. The van der Waals surface area contributed by atoms with Gasteiger partial charge in [0.05, 0.1) is 25.5 Å². The summed E-state index contributed by atoms with van der Waals surface area (Å²) in [5.74, 6) is 1.41. The first-order valence-corrected chi connectivity index (χ1v) is 9.93. The topological polar surface area (TPSA) is 36.3 Å². The second-order valence-electron chi connectivity index (χ2n) is 7.12. The predicted octanol–water partition coefficient (Wildman–Crippen LogP) is 3.43. The van der Waals surface area contributed by atoms with Crippen molar-refractivity contribution >= 4 is 8.32 Å². The number of aromatic nitrogens is 2. The minimum absolute atomic E-state index is 0.233. The van der Waals surface area contributed by atoms with Crippen molar-refractivity contribution in [2.24, 2.45) is 5.92 Å². The molecule has 0 aliphatic carbocycles. The first-order chi connectivity index (χ1) is 8.69. The SMILES string of the molecule is CC1COc2cc(CO[Si](C)(C)C(C)(C)C)nn2C1. The molecule has 1 aromatic heterocycles. The van der Waals surface area contributed by atoms with Crippen LogP contribution in [0.15, 0.2) is 6.07 Å². The zero-order valence-corrected chi connectivity index (χ0v) is 14.0. The average Bonchev–Trinajstić information content (AvgIpc) is 2.67. The van der Waals surface area contributed by atoms with Crippen LogP contribution in [0.4, 0.5) is 0 Å². The van der Waals surface area contributed by atoms with Crippen molar-refractivity contribution in [2.45, 2.75) is 59.0 Å². The Morgan fingerprint density at radius 3 is 2.79 bits per heavy atom. The van der Waals surface area contributed by atoms with E-state index in [4.69, 9.17) is 9.16 Å². The molecule has 1 aromatic rings. The van der Waals surface area contributed by atoms with Gasteiger partial charge in [-0.1, -0.05) is 27.7 Å². The first-order valence-electron chi connectivity index (χ1n) is 7.02. The van der Waals surface area contributed by atoms with Crippen molar-refractivity contribution in [3.63, 3.8) is 0 Å². The zero-order valence-electron chi connectivity index (χ0n) is 13.0. The van der Waals surface area contributed by atoms with E-state index in [2.05, 4.69) is 45.9 Å². The van der Waals surface area contributed by atoms with Crippen LogP contribution < -0.4 is 4.74 Å². The third-order valence-corrected chi connectivity index (χ3v) is 8.66. The smallest absolute Gasteiger partial charge is 0.212 e. The lowest BCUT2D eigenvalue weighted by Gasteiger charge is -2.35. The summed E-state index contributed by atoms with van der Waals surface area (Å²) in [5, 5.41) is 4.81. The van der Waals surface area contributed by atoms with Gasteiger partial charge in [0.25, 0.3) is 0 Å². The van der Waals surface area contributed by atoms with Gasteiger partial charge in [-0.15, -0.1) is 0 Å². The summed E-state index contributed by atoms with van der Waals surface area (Å²) in [5.41, 5.74) is 0.980. The molecule has 0 amide bonds. The molecule has 0 aromatic carbocycles. The van der Waals surface area contributed by atoms with Crippen LogP contribution in [0.1, 0.15) is 33.4 Å². The summed E-state index contributed by atoms with van der Waals surface area (Å²) in [6.45, 7) is 15.8. The van der Waals surface area contributed by atoms with E-state index in [1.807, 2.05) is 10.7 Å². The second kappa shape index (κ2) is 4.94. The van der Waals surface area contributed by atoms with Gasteiger partial charge in [0, 0.05) is 12.0 Å². The van der Waals surface area contributed by atoms with Crippen LogP contribution in [0.3, 0.4) is 0 Å². The van der Waals surface area contributed by atoms with E-state index >= 15 is 0 Å². The highest BCUT2D eigenvalue weighted by Gasteiger charge is 2.37. The van der Waals surface area contributed by atoms with E-state index in [9.17, 15) is 0 Å². The van der Waals surface area contributed by atoms with Crippen LogP contribution in [0.2, 0.25) is 18.1 Å². The van der Waals surface area contributed by atoms with Crippen molar-refractivity contribution < 1.29 is 9.16 Å². The van der Waals surface area contributed by atoms with E-state index in [0.717, 1.165) is 24.7 Å². The fourth-order valence-corrected chi connectivity index (χ4v) is 2.76. The lowest BCUT2D eigenvalue weighted by atomic mass is 10.2. The predicted molar refractivity (Wildman–Crippen MR) is 78.9 cm³/mol. The van der Waals surface area contributed by atoms with Gasteiger partial charge in [-0.2, -0.15) is 5.10 Å². The highest BCUT2D eigenvalue weighted by Crippen LogP contribution is 2.37. The molecule has 0 fully saturated rings. The zero-order chi connectivity index (χ0) is 14.3. The normalized spacial score (nSPS) is 20.0. The Kier molecular flexibility index (Phi) is 3.80. The summed E-state index contributed by atoms with van der Waals surface area (Å²) < 4.78 is 13.8. The molecule has 19 heavy (non-hydrogen) atoms. The molecule has 0 bridgehead atoms. The lowest BCUT2D eigenvalue weighted by Crippen LogP contribution is -2.40. The minimum Gasteiger partial charge on any atom is -0.477 e. The van der Waals surface area contributed by atoms with Crippen molar-refractivity contribution in [1.82, 2.24) is 9.78 Å². The largest absolute Gasteiger partial charge is 0.477 e. The van der Waals surface area contributed by atoms with Gasteiger partial charge in [-0.05, 0) is 18.1 Å². The Hall–Kier alpha value is -0.813. The van der Waals surface area contributed by atoms with E-state index in [1.54, 1.807) is 0 Å². The Labute approximate surface area is 117 Å². The number of nitrogens with zero attached hydrogens (tertiary/aromatic N) is 2. The Morgan fingerprint density at radius 2 is 2.16 bits per heavy atom.